The Morgan fingerprint density at radius 1 is 0.407 bits per heavy atom. The van der Waals surface area contributed by atoms with E-state index in [1.165, 1.54) is 171 Å². The van der Waals surface area contributed by atoms with Gasteiger partial charge in [-0.25, -0.2) is 0 Å². The third-order valence-electron chi connectivity index (χ3n) is 13.5. The van der Waals surface area contributed by atoms with Crippen LogP contribution in [0.1, 0.15) is 211 Å². The first kappa shape index (κ1) is 51.4. The molecule has 0 unspecified atom stereocenters. The second-order valence-electron chi connectivity index (χ2n) is 18.2. The summed E-state index contributed by atoms with van der Waals surface area (Å²) in [6, 6.07) is 33.0. The molecule has 0 atom stereocenters. The van der Waals surface area contributed by atoms with Crippen molar-refractivity contribution in [1.82, 2.24) is 0 Å². The van der Waals surface area contributed by atoms with E-state index in [2.05, 4.69) is 119 Å². The van der Waals surface area contributed by atoms with E-state index in [1.54, 1.807) is 0 Å². The number of rotatable bonds is 38. The molecule has 0 spiro atoms. The summed E-state index contributed by atoms with van der Waals surface area (Å²) >= 11 is 0. The first-order chi connectivity index (χ1) is 29.0. The van der Waals surface area contributed by atoms with Crippen molar-refractivity contribution in [3.8, 4) is 0 Å². The van der Waals surface area contributed by atoms with Crippen LogP contribution in [0.5, 0.6) is 0 Å². The molecule has 5 heteroatoms. The van der Waals surface area contributed by atoms with E-state index in [0.717, 1.165) is 37.5 Å². The molecule has 332 valence electrons. The minimum atomic E-state index is -2.83. The molecular weight excluding hydrogens is 738 g/mol. The monoisotopic (exact) mass is 829 g/mol. The van der Waals surface area contributed by atoms with E-state index in [4.69, 9.17) is 9.10 Å². The van der Waals surface area contributed by atoms with Gasteiger partial charge in [0.1, 0.15) is 0 Å². The summed E-state index contributed by atoms with van der Waals surface area (Å²) in [5, 5.41) is 12.1. The van der Waals surface area contributed by atoms with Crippen molar-refractivity contribution in [2.45, 2.75) is 200 Å². The van der Waals surface area contributed by atoms with Crippen molar-refractivity contribution in [2.24, 2.45) is 0 Å². The van der Waals surface area contributed by atoms with Gasteiger partial charge in [-0.15, -0.1) is 0 Å². The standard InChI is InChI=1S/C54H90BO3P/c1-5-9-13-17-21-34-47-59(48-35-22-18-14-10-6-2,49-36-23-19-15-11-7-3,50-37-24-20-16-12-8-4)58-55(56)57-46-38-45-54(51-39-28-25-29-40-51,52-41-30-26-31-42-52)53-43-32-27-33-44-53/h25-33,39-44,56H,5-24,34-38,45-50H2,1-4H3. The molecule has 0 aliphatic rings. The molecule has 3 rings (SSSR count). The molecule has 59 heavy (non-hydrogen) atoms. The van der Waals surface area contributed by atoms with E-state index in [9.17, 15) is 5.02 Å². The summed E-state index contributed by atoms with van der Waals surface area (Å²) in [5.74, 6) is 0. The van der Waals surface area contributed by atoms with Gasteiger partial charge in [-0.1, -0.05) is 0 Å². The van der Waals surface area contributed by atoms with Crippen LogP contribution in [0.3, 0.4) is 0 Å². The number of hydrogen-bond acceptors (Lipinski definition) is 3. The summed E-state index contributed by atoms with van der Waals surface area (Å²) in [5.41, 5.74) is 3.53. The molecule has 0 aliphatic heterocycles. The van der Waals surface area contributed by atoms with Gasteiger partial charge >= 0.3 is 367 Å². The van der Waals surface area contributed by atoms with Crippen LogP contribution in [-0.2, 0) is 14.5 Å². The second-order valence-corrected chi connectivity index (χ2v) is 23.9. The van der Waals surface area contributed by atoms with Crippen LogP contribution < -0.4 is 0 Å². The molecule has 3 aromatic rings. The van der Waals surface area contributed by atoms with Crippen molar-refractivity contribution < 1.29 is 14.1 Å². The average Bonchev–Trinajstić information content (AvgIpc) is 3.27. The number of hydrogen-bond donors (Lipinski definition) is 1. The van der Waals surface area contributed by atoms with Crippen LogP contribution in [0.15, 0.2) is 91.0 Å². The van der Waals surface area contributed by atoms with Crippen molar-refractivity contribution >= 4 is 14.2 Å². The molecule has 0 saturated carbocycles. The zero-order valence-electron chi connectivity index (χ0n) is 38.9. The molecule has 0 heterocycles. The quantitative estimate of drug-likeness (QED) is 0.0271. The van der Waals surface area contributed by atoms with Gasteiger partial charge < -0.3 is 0 Å². The van der Waals surface area contributed by atoms with Crippen LogP contribution in [0.25, 0.3) is 0 Å². The first-order valence-corrected chi connectivity index (χ1v) is 28.0. The fourth-order valence-electron chi connectivity index (χ4n) is 9.96. The first-order valence-electron chi connectivity index (χ1n) is 25.1. The molecule has 3 aromatic carbocycles. The fraction of sp³-hybridized carbons (Fsp3) is 0.667. The Labute approximate surface area is 365 Å². The Bertz CT molecular complexity index is 1230. The van der Waals surface area contributed by atoms with Gasteiger partial charge in [-0.3, -0.25) is 0 Å². The van der Waals surface area contributed by atoms with Gasteiger partial charge in [0, 0.05) is 0 Å². The van der Waals surface area contributed by atoms with E-state index in [-0.39, 0.29) is 5.41 Å². The Hall–Kier alpha value is -1.97. The predicted octanol–water partition coefficient (Wildman–Crippen LogP) is 16.7. The Balaban J connectivity index is 1.91. The van der Waals surface area contributed by atoms with Crippen LogP contribution in [0, 0.1) is 0 Å². The van der Waals surface area contributed by atoms with Crippen LogP contribution >= 0.6 is 6.83 Å². The van der Waals surface area contributed by atoms with E-state index in [0.29, 0.717) is 6.61 Å². The molecule has 0 radical (unpaired) electrons. The summed E-state index contributed by atoms with van der Waals surface area (Å²) in [6.07, 6.45) is 37.4. The molecule has 3 nitrogen and oxygen atoms in total. The van der Waals surface area contributed by atoms with Gasteiger partial charge in [-0.2, -0.15) is 0 Å². The molecule has 0 saturated heterocycles. The summed E-state index contributed by atoms with van der Waals surface area (Å²) < 4.78 is 14.0. The summed E-state index contributed by atoms with van der Waals surface area (Å²) in [4.78, 5) is 0. The van der Waals surface area contributed by atoms with Gasteiger partial charge in [0.15, 0.2) is 0 Å². The fourth-order valence-corrected chi connectivity index (χ4v) is 16.4. The van der Waals surface area contributed by atoms with Crippen molar-refractivity contribution in [3.63, 3.8) is 0 Å². The van der Waals surface area contributed by atoms with Crippen LogP contribution in [0.2, 0.25) is 0 Å². The molecule has 0 amide bonds. The summed E-state index contributed by atoms with van der Waals surface area (Å²) in [6.45, 7) is 6.89. The zero-order valence-corrected chi connectivity index (χ0v) is 39.8. The Morgan fingerprint density at radius 3 is 1.00 bits per heavy atom. The normalized spacial score (nSPS) is 12.7. The zero-order chi connectivity index (χ0) is 42.2. The molecular formula is C54H90BO3P. The van der Waals surface area contributed by atoms with Gasteiger partial charge in [0.05, 0.1) is 0 Å². The van der Waals surface area contributed by atoms with Crippen LogP contribution in [-0.4, -0.2) is 43.6 Å². The molecule has 0 aliphatic carbocycles. The van der Waals surface area contributed by atoms with Gasteiger partial charge in [0.2, 0.25) is 0 Å². The molecule has 0 bridgehead atoms. The molecule has 0 aromatic heterocycles. The second kappa shape index (κ2) is 31.0. The third kappa shape index (κ3) is 18.5. The maximum atomic E-state index is 12.1. The van der Waals surface area contributed by atoms with E-state index in [1.807, 2.05) is 0 Å². The predicted molar refractivity (Wildman–Crippen MR) is 263 cm³/mol. The van der Waals surface area contributed by atoms with Crippen molar-refractivity contribution in [3.05, 3.63) is 108 Å². The van der Waals surface area contributed by atoms with Crippen LogP contribution in [0.4, 0.5) is 0 Å². The maximum absolute atomic E-state index is 12.1. The summed E-state index contributed by atoms with van der Waals surface area (Å²) in [7, 11) is -1.17. The third-order valence-corrected chi connectivity index (χ3v) is 20.0. The Morgan fingerprint density at radius 2 is 0.695 bits per heavy atom. The van der Waals surface area contributed by atoms with Gasteiger partial charge in [-0.05, 0) is 0 Å². The molecule has 0 fully saturated rings. The topological polar surface area (TPSA) is 38.7 Å². The number of unbranched alkanes of at least 4 members (excludes halogenated alkanes) is 20. The van der Waals surface area contributed by atoms with Gasteiger partial charge in [0.25, 0.3) is 0 Å². The number of benzene rings is 3. The van der Waals surface area contributed by atoms with E-state index >= 15 is 0 Å². The molecule has 1 N–H and O–H groups in total. The minimum absolute atomic E-state index is 0.330. The van der Waals surface area contributed by atoms with Crippen molar-refractivity contribution in [1.29, 1.82) is 0 Å². The average molecular weight is 829 g/mol. The Kier molecular flexibility index (Phi) is 27.0. The van der Waals surface area contributed by atoms with Crippen molar-refractivity contribution in [2.75, 3.05) is 31.3 Å². The SMILES string of the molecule is CCCCCCCCP(CCCCCCCC)(CCCCCCCC)(CCCCCCCC)OB(O)OCCCC(c1ccccc1)(c1ccccc1)c1ccccc1. The van der Waals surface area contributed by atoms with E-state index < -0.39 is 14.2 Å².